The molecule has 5 heteroatoms. The van der Waals surface area contributed by atoms with E-state index in [1.165, 1.54) is 11.6 Å². The molecule has 154 valence electrons. The van der Waals surface area contributed by atoms with Gasteiger partial charge in [-0.05, 0) is 36.2 Å². The minimum Gasteiger partial charge on any atom is -0.488 e. The van der Waals surface area contributed by atoms with Crippen LogP contribution in [0.15, 0.2) is 72.8 Å². The summed E-state index contributed by atoms with van der Waals surface area (Å²) in [6.07, 6.45) is 2.12. The van der Waals surface area contributed by atoms with E-state index in [0.717, 1.165) is 18.4 Å². The summed E-state index contributed by atoms with van der Waals surface area (Å²) < 4.78 is 19.8. The summed E-state index contributed by atoms with van der Waals surface area (Å²) in [5, 5.41) is 4.27. The SMILES string of the molecule is CCCC(NCc1cc(Cl)ccc1OCc1ccccc1F)c1ccccc1.Cl. The number of ether oxygens (including phenoxy) is 1. The molecular weight excluding hydrogens is 408 g/mol. The minimum atomic E-state index is -0.261. The van der Waals surface area contributed by atoms with Crippen LogP contribution in [0.4, 0.5) is 4.39 Å². The van der Waals surface area contributed by atoms with Crippen molar-refractivity contribution in [1.82, 2.24) is 5.32 Å². The number of hydrogen-bond acceptors (Lipinski definition) is 2. The Hall–Kier alpha value is -2.07. The van der Waals surface area contributed by atoms with E-state index in [1.54, 1.807) is 24.3 Å². The van der Waals surface area contributed by atoms with Crippen molar-refractivity contribution >= 4 is 24.0 Å². The molecule has 1 atom stereocenters. The van der Waals surface area contributed by atoms with Crippen LogP contribution < -0.4 is 10.1 Å². The topological polar surface area (TPSA) is 21.3 Å². The van der Waals surface area contributed by atoms with Gasteiger partial charge in [-0.2, -0.15) is 0 Å². The molecule has 3 rings (SSSR count). The number of rotatable bonds is 9. The van der Waals surface area contributed by atoms with Crippen molar-refractivity contribution in [3.63, 3.8) is 0 Å². The van der Waals surface area contributed by atoms with Gasteiger partial charge in [-0.1, -0.05) is 73.5 Å². The molecule has 0 radical (unpaired) electrons. The highest BCUT2D eigenvalue weighted by Gasteiger charge is 2.12. The summed E-state index contributed by atoms with van der Waals surface area (Å²) in [5.74, 6) is 0.451. The van der Waals surface area contributed by atoms with Crippen LogP contribution in [0.25, 0.3) is 0 Å². The van der Waals surface area contributed by atoms with Gasteiger partial charge in [0.05, 0.1) is 0 Å². The lowest BCUT2D eigenvalue weighted by atomic mass is 10.0. The fourth-order valence-electron chi connectivity index (χ4n) is 3.19. The largest absolute Gasteiger partial charge is 0.488 e. The molecule has 0 saturated carbocycles. The molecule has 0 aliphatic rings. The third-order valence-electron chi connectivity index (χ3n) is 4.68. The zero-order chi connectivity index (χ0) is 19.8. The monoisotopic (exact) mass is 433 g/mol. The van der Waals surface area contributed by atoms with Gasteiger partial charge >= 0.3 is 0 Å². The molecule has 3 aromatic carbocycles. The molecule has 0 aliphatic heterocycles. The van der Waals surface area contributed by atoms with Crippen LogP contribution in [0.5, 0.6) is 5.75 Å². The van der Waals surface area contributed by atoms with E-state index < -0.39 is 0 Å². The van der Waals surface area contributed by atoms with Crippen molar-refractivity contribution in [2.45, 2.75) is 39.0 Å². The molecule has 0 fully saturated rings. The zero-order valence-corrected chi connectivity index (χ0v) is 18.0. The predicted molar refractivity (Wildman–Crippen MR) is 120 cm³/mol. The maximum atomic E-state index is 13.9. The Morgan fingerprint density at radius 2 is 1.69 bits per heavy atom. The average Bonchev–Trinajstić information content (AvgIpc) is 2.72. The highest BCUT2D eigenvalue weighted by Crippen LogP contribution is 2.26. The third kappa shape index (κ3) is 6.74. The molecule has 0 amide bonds. The Bertz CT molecular complexity index is 889. The smallest absolute Gasteiger partial charge is 0.129 e. The van der Waals surface area contributed by atoms with E-state index in [-0.39, 0.29) is 30.9 Å². The first kappa shape index (κ1) is 23.2. The van der Waals surface area contributed by atoms with Gasteiger partial charge in [0.25, 0.3) is 0 Å². The Kier molecular flexibility index (Phi) is 9.46. The summed E-state index contributed by atoms with van der Waals surface area (Å²) in [5.41, 5.74) is 2.76. The maximum Gasteiger partial charge on any atom is 0.129 e. The van der Waals surface area contributed by atoms with Gasteiger partial charge in [0.1, 0.15) is 18.2 Å². The molecule has 0 aromatic heterocycles. The van der Waals surface area contributed by atoms with E-state index in [2.05, 4.69) is 36.5 Å². The third-order valence-corrected chi connectivity index (χ3v) is 4.92. The normalized spacial score (nSPS) is 11.6. The minimum absolute atomic E-state index is 0. The first-order valence-corrected chi connectivity index (χ1v) is 9.98. The second-order valence-electron chi connectivity index (χ2n) is 6.76. The molecule has 2 nitrogen and oxygen atoms in total. The molecule has 0 aliphatic carbocycles. The first-order valence-electron chi connectivity index (χ1n) is 9.60. The summed E-state index contributed by atoms with van der Waals surface area (Å²) in [6, 6.07) is 22.9. The average molecular weight is 434 g/mol. The van der Waals surface area contributed by atoms with Crippen molar-refractivity contribution in [2.24, 2.45) is 0 Å². The summed E-state index contributed by atoms with van der Waals surface area (Å²) in [7, 11) is 0. The van der Waals surface area contributed by atoms with Gasteiger partial charge in [-0.25, -0.2) is 4.39 Å². The van der Waals surface area contributed by atoms with Crippen LogP contribution >= 0.6 is 24.0 Å². The molecule has 0 heterocycles. The quantitative estimate of drug-likeness (QED) is 0.388. The van der Waals surface area contributed by atoms with Gasteiger partial charge < -0.3 is 10.1 Å². The van der Waals surface area contributed by atoms with Gasteiger partial charge in [-0.15, -0.1) is 12.4 Å². The first-order chi connectivity index (χ1) is 13.7. The van der Waals surface area contributed by atoms with Gasteiger partial charge in [0.2, 0.25) is 0 Å². The second-order valence-corrected chi connectivity index (χ2v) is 7.20. The Balaban J connectivity index is 0.00000300. The molecule has 3 aromatic rings. The van der Waals surface area contributed by atoms with Crippen LogP contribution in [-0.2, 0) is 13.2 Å². The van der Waals surface area contributed by atoms with Crippen LogP contribution in [0.3, 0.4) is 0 Å². The maximum absolute atomic E-state index is 13.9. The standard InChI is InChI=1S/C24H25ClFNO.ClH/c1-2-8-23(18-9-4-3-5-10-18)27-16-20-15-21(25)13-14-24(20)28-17-19-11-6-7-12-22(19)26;/h3-7,9-15,23,27H,2,8,16-17H2,1H3;1H. The molecule has 1 unspecified atom stereocenters. The van der Waals surface area contributed by atoms with Gasteiger partial charge in [-0.3, -0.25) is 0 Å². The van der Waals surface area contributed by atoms with Crippen molar-refractivity contribution in [3.8, 4) is 5.75 Å². The highest BCUT2D eigenvalue weighted by molar-refractivity contribution is 6.30. The van der Waals surface area contributed by atoms with Crippen LogP contribution in [0.1, 0.15) is 42.5 Å². The second kappa shape index (κ2) is 11.8. The van der Waals surface area contributed by atoms with Crippen LogP contribution in [-0.4, -0.2) is 0 Å². The molecule has 0 bridgehead atoms. The predicted octanol–water partition coefficient (Wildman–Crippen LogP) is 7.11. The molecule has 0 spiro atoms. The van der Waals surface area contributed by atoms with Crippen LogP contribution in [0.2, 0.25) is 5.02 Å². The van der Waals surface area contributed by atoms with Crippen molar-refractivity contribution in [1.29, 1.82) is 0 Å². The summed E-state index contributed by atoms with van der Waals surface area (Å²) >= 11 is 6.21. The van der Waals surface area contributed by atoms with Gasteiger partial charge in [0.15, 0.2) is 0 Å². The van der Waals surface area contributed by atoms with E-state index in [4.69, 9.17) is 16.3 Å². The zero-order valence-electron chi connectivity index (χ0n) is 16.4. The molecule has 1 N–H and O–H groups in total. The van der Waals surface area contributed by atoms with Crippen molar-refractivity contribution < 1.29 is 9.13 Å². The Morgan fingerprint density at radius 3 is 2.41 bits per heavy atom. The van der Waals surface area contributed by atoms with Crippen molar-refractivity contribution in [3.05, 3.63) is 100 Å². The fraction of sp³-hybridized carbons (Fsp3) is 0.250. The van der Waals surface area contributed by atoms with E-state index in [0.29, 0.717) is 22.9 Å². The number of halogens is 3. The summed E-state index contributed by atoms with van der Waals surface area (Å²) in [4.78, 5) is 0. The van der Waals surface area contributed by atoms with E-state index >= 15 is 0 Å². The van der Waals surface area contributed by atoms with Crippen LogP contribution in [0, 0.1) is 5.82 Å². The van der Waals surface area contributed by atoms with E-state index in [9.17, 15) is 4.39 Å². The molecule has 0 saturated heterocycles. The van der Waals surface area contributed by atoms with Gasteiger partial charge in [0, 0.05) is 28.7 Å². The molecule has 29 heavy (non-hydrogen) atoms. The Labute approximate surface area is 183 Å². The number of benzene rings is 3. The fourth-order valence-corrected chi connectivity index (χ4v) is 3.39. The lowest BCUT2D eigenvalue weighted by Crippen LogP contribution is -2.21. The van der Waals surface area contributed by atoms with E-state index in [1.807, 2.05) is 18.2 Å². The summed E-state index contributed by atoms with van der Waals surface area (Å²) in [6.45, 7) is 2.98. The lowest BCUT2D eigenvalue weighted by Gasteiger charge is -2.20. The number of hydrogen-bond donors (Lipinski definition) is 1. The lowest BCUT2D eigenvalue weighted by molar-refractivity contribution is 0.295. The van der Waals surface area contributed by atoms with Crippen molar-refractivity contribution in [2.75, 3.05) is 0 Å². The molecular formula is C24H26Cl2FNO. The number of nitrogens with one attached hydrogen (secondary N) is 1. The highest BCUT2D eigenvalue weighted by atomic mass is 35.5. The Morgan fingerprint density at radius 1 is 0.966 bits per heavy atom.